The van der Waals surface area contributed by atoms with Crippen LogP contribution in [0, 0.1) is 0 Å². The van der Waals surface area contributed by atoms with Crippen molar-refractivity contribution in [1.82, 2.24) is 15.2 Å². The number of carboxylic acid groups (broad SMARTS) is 1. The van der Waals surface area contributed by atoms with Crippen LogP contribution < -0.4 is 4.74 Å². The van der Waals surface area contributed by atoms with Gasteiger partial charge in [0.15, 0.2) is 0 Å². The maximum Gasteiger partial charge on any atom is 0.342 e. The summed E-state index contributed by atoms with van der Waals surface area (Å²) in [6, 6.07) is 4.99. The normalized spacial score (nSPS) is 11.5. The van der Waals surface area contributed by atoms with Gasteiger partial charge in [-0.3, -0.25) is 5.10 Å². The summed E-state index contributed by atoms with van der Waals surface area (Å²) >= 11 is 6.91. The van der Waals surface area contributed by atoms with Gasteiger partial charge < -0.3 is 9.84 Å². The topological polar surface area (TPSA) is 88.1 Å². The van der Waals surface area contributed by atoms with Crippen molar-refractivity contribution in [1.29, 1.82) is 0 Å². The predicted octanol–water partition coefficient (Wildman–Crippen LogP) is 3.25. The highest BCUT2D eigenvalue weighted by Crippen LogP contribution is 2.30. The van der Waals surface area contributed by atoms with E-state index in [1.54, 1.807) is 18.2 Å². The van der Waals surface area contributed by atoms with Gasteiger partial charge in [0, 0.05) is 17.0 Å². The zero-order chi connectivity index (χ0) is 16.1. The van der Waals surface area contributed by atoms with Crippen LogP contribution in [0.15, 0.2) is 28.3 Å². The molecule has 1 heterocycles. The monoisotopic (exact) mass is 339 g/mol. The van der Waals surface area contributed by atoms with Crippen molar-refractivity contribution in [3.05, 3.63) is 39.5 Å². The van der Waals surface area contributed by atoms with Gasteiger partial charge in [-0.2, -0.15) is 0 Å². The first kappa shape index (κ1) is 16.4. The Bertz CT molecular complexity index is 715. The van der Waals surface area contributed by atoms with Crippen LogP contribution in [-0.4, -0.2) is 33.4 Å². The molecule has 0 aliphatic rings. The first-order valence-corrected chi connectivity index (χ1v) is 7.60. The van der Waals surface area contributed by atoms with Crippen molar-refractivity contribution >= 4 is 35.4 Å². The molecule has 8 heteroatoms. The molecule has 0 aliphatic carbocycles. The molecule has 0 bridgehead atoms. The van der Waals surface area contributed by atoms with Crippen molar-refractivity contribution in [2.45, 2.75) is 18.5 Å². The van der Waals surface area contributed by atoms with E-state index < -0.39 is 5.97 Å². The molecular weight excluding hydrogens is 326 g/mol. The van der Waals surface area contributed by atoms with Gasteiger partial charge in [0.25, 0.3) is 0 Å². The first-order chi connectivity index (χ1) is 10.5. The maximum atomic E-state index is 11.4. The lowest BCUT2D eigenvalue weighted by molar-refractivity contribution is -0.131. The Labute approximate surface area is 136 Å². The molecule has 0 saturated heterocycles. The minimum atomic E-state index is -1.07. The van der Waals surface area contributed by atoms with Crippen LogP contribution >= 0.6 is 23.4 Å². The van der Waals surface area contributed by atoms with E-state index in [1.807, 2.05) is 6.92 Å². The Morgan fingerprint density at radius 2 is 2.32 bits per heavy atom. The number of benzene rings is 1. The Kier molecular flexibility index (Phi) is 5.46. The number of hydrogen-bond acceptors (Lipinski definition) is 5. The highest BCUT2D eigenvalue weighted by atomic mass is 35.5. The molecule has 0 aliphatic heterocycles. The smallest absolute Gasteiger partial charge is 0.342 e. The van der Waals surface area contributed by atoms with Crippen LogP contribution in [0.3, 0.4) is 0 Å². The summed E-state index contributed by atoms with van der Waals surface area (Å²) in [7, 11) is 1.51. The van der Waals surface area contributed by atoms with Gasteiger partial charge in [-0.25, -0.2) is 9.78 Å². The number of nitrogens with one attached hydrogen (secondary N) is 1. The number of ether oxygens (including phenoxy) is 1. The second-order valence-corrected chi connectivity index (χ2v) is 5.67. The third kappa shape index (κ3) is 4.02. The van der Waals surface area contributed by atoms with Crippen LogP contribution in [0.4, 0.5) is 0 Å². The second-order valence-electron chi connectivity index (χ2n) is 4.22. The predicted molar refractivity (Wildman–Crippen MR) is 85.2 cm³/mol. The summed E-state index contributed by atoms with van der Waals surface area (Å²) in [4.78, 5) is 15.7. The Balaban J connectivity index is 2.35. The molecule has 2 rings (SSSR count). The highest BCUT2D eigenvalue weighted by Gasteiger charge is 2.14. The molecule has 0 radical (unpaired) electrons. The summed E-state index contributed by atoms with van der Waals surface area (Å²) in [6.45, 7) is 1.93. The molecule has 0 unspecified atom stereocenters. The van der Waals surface area contributed by atoms with E-state index in [-0.39, 0.29) is 4.91 Å². The fourth-order valence-corrected chi connectivity index (χ4v) is 2.57. The number of thioether (sulfide) groups is 1. The molecule has 1 aromatic carbocycles. The highest BCUT2D eigenvalue weighted by molar-refractivity contribution is 8.04. The van der Waals surface area contributed by atoms with E-state index in [2.05, 4.69) is 15.2 Å². The van der Waals surface area contributed by atoms with Gasteiger partial charge in [-0.15, -0.1) is 5.10 Å². The van der Waals surface area contributed by atoms with E-state index in [9.17, 15) is 9.90 Å². The molecule has 22 heavy (non-hydrogen) atoms. The molecule has 116 valence electrons. The average molecular weight is 340 g/mol. The minimum absolute atomic E-state index is 0.0715. The second kappa shape index (κ2) is 7.33. The molecule has 0 amide bonds. The number of carboxylic acids is 1. The van der Waals surface area contributed by atoms with Gasteiger partial charge in [0.1, 0.15) is 16.5 Å². The molecule has 1 aromatic heterocycles. The van der Waals surface area contributed by atoms with Crippen LogP contribution in [-0.2, 0) is 11.2 Å². The lowest BCUT2D eigenvalue weighted by Gasteiger charge is -2.06. The molecule has 0 fully saturated rings. The van der Waals surface area contributed by atoms with Crippen LogP contribution in [0.1, 0.15) is 18.3 Å². The maximum absolute atomic E-state index is 11.4. The molecule has 2 N–H and O–H groups in total. The SMILES string of the molecule is CCc1nc(S/C(=C\c2cc(Cl)ccc2OC)C(=O)O)n[nH]1. The van der Waals surface area contributed by atoms with Crippen molar-refractivity contribution < 1.29 is 14.6 Å². The van der Waals surface area contributed by atoms with E-state index in [0.29, 0.717) is 33.7 Å². The van der Waals surface area contributed by atoms with Crippen LogP contribution in [0.2, 0.25) is 5.02 Å². The van der Waals surface area contributed by atoms with Gasteiger partial charge in [-0.05, 0) is 36.0 Å². The summed E-state index contributed by atoms with van der Waals surface area (Å²) in [5.74, 6) is 0.162. The van der Waals surface area contributed by atoms with E-state index in [1.165, 1.54) is 13.2 Å². The number of H-pyrrole nitrogens is 1. The van der Waals surface area contributed by atoms with Gasteiger partial charge in [0.2, 0.25) is 5.16 Å². The van der Waals surface area contributed by atoms with Crippen LogP contribution in [0.5, 0.6) is 5.75 Å². The minimum Gasteiger partial charge on any atom is -0.496 e. The first-order valence-electron chi connectivity index (χ1n) is 6.41. The third-order valence-electron chi connectivity index (χ3n) is 2.74. The lowest BCUT2D eigenvalue weighted by atomic mass is 10.2. The number of halogens is 1. The van der Waals surface area contributed by atoms with Crippen molar-refractivity contribution in [3.8, 4) is 5.75 Å². The Morgan fingerprint density at radius 3 is 2.91 bits per heavy atom. The van der Waals surface area contributed by atoms with E-state index in [4.69, 9.17) is 16.3 Å². The number of nitrogens with zero attached hydrogens (tertiary/aromatic N) is 2. The molecule has 0 saturated carbocycles. The Hall–Kier alpha value is -1.99. The largest absolute Gasteiger partial charge is 0.496 e. The van der Waals surface area contributed by atoms with Gasteiger partial charge in [-0.1, -0.05) is 18.5 Å². The summed E-state index contributed by atoms with van der Waals surface area (Å²) in [6.07, 6.45) is 2.18. The number of aryl methyl sites for hydroxylation is 1. The number of hydrogen-bond donors (Lipinski definition) is 2. The van der Waals surface area contributed by atoms with Crippen molar-refractivity contribution in [3.63, 3.8) is 0 Å². The summed E-state index contributed by atoms with van der Waals surface area (Å²) < 4.78 is 5.21. The quantitative estimate of drug-likeness (QED) is 0.620. The molecule has 0 spiro atoms. The van der Waals surface area contributed by atoms with Crippen LogP contribution in [0.25, 0.3) is 6.08 Å². The number of aromatic nitrogens is 3. The average Bonchev–Trinajstić information content (AvgIpc) is 2.94. The zero-order valence-corrected chi connectivity index (χ0v) is 13.5. The molecule has 0 atom stereocenters. The number of aromatic amines is 1. The fraction of sp³-hybridized carbons (Fsp3) is 0.214. The zero-order valence-electron chi connectivity index (χ0n) is 12.0. The van der Waals surface area contributed by atoms with E-state index in [0.717, 1.165) is 11.8 Å². The van der Waals surface area contributed by atoms with E-state index >= 15 is 0 Å². The lowest BCUT2D eigenvalue weighted by Crippen LogP contribution is -1.98. The van der Waals surface area contributed by atoms with Crippen molar-refractivity contribution in [2.24, 2.45) is 0 Å². The van der Waals surface area contributed by atoms with Crippen molar-refractivity contribution in [2.75, 3.05) is 7.11 Å². The van der Waals surface area contributed by atoms with Gasteiger partial charge >= 0.3 is 5.97 Å². The molecule has 6 nitrogen and oxygen atoms in total. The fourth-order valence-electron chi connectivity index (χ4n) is 1.67. The molecule has 2 aromatic rings. The summed E-state index contributed by atoms with van der Waals surface area (Å²) in [5, 5.41) is 16.9. The molecular formula is C14H14ClN3O3S. The number of aliphatic carboxylic acids is 1. The number of rotatable bonds is 6. The number of methoxy groups -OCH3 is 1. The Morgan fingerprint density at radius 1 is 1.55 bits per heavy atom. The number of carbonyl (C=O) groups is 1. The van der Waals surface area contributed by atoms with Gasteiger partial charge in [0.05, 0.1) is 7.11 Å². The summed E-state index contributed by atoms with van der Waals surface area (Å²) in [5.41, 5.74) is 0.575. The third-order valence-corrected chi connectivity index (χ3v) is 3.85. The standard InChI is InChI=1S/C14H14ClN3O3S/c1-3-12-16-14(18-17-12)22-11(13(19)20)7-8-6-9(15)4-5-10(8)21-2/h4-7H,3H2,1-2H3,(H,19,20)(H,16,17,18)/b11-7-.